The summed E-state index contributed by atoms with van der Waals surface area (Å²) in [5.74, 6) is 0. The lowest BCUT2D eigenvalue weighted by atomic mass is 10.4. The van der Waals surface area contributed by atoms with Crippen molar-refractivity contribution in [2.24, 2.45) is 0 Å². The molecule has 0 fully saturated rings. The van der Waals surface area contributed by atoms with Crippen molar-refractivity contribution in [1.82, 2.24) is 14.9 Å². The minimum Gasteiger partial charge on any atom is -0.468 e. The second-order valence-corrected chi connectivity index (χ2v) is 4.28. The lowest BCUT2D eigenvalue weighted by Gasteiger charge is -2.21. The normalized spacial score (nSPS) is 10.9. The van der Waals surface area contributed by atoms with Crippen molar-refractivity contribution in [3.05, 3.63) is 0 Å². The van der Waals surface area contributed by atoms with E-state index in [9.17, 15) is 22.8 Å². The summed E-state index contributed by atoms with van der Waals surface area (Å²) in [5.41, 5.74) is -4.70. The molecule has 7 nitrogen and oxygen atoms in total. The molecule has 19 heavy (non-hydrogen) atoms. The summed E-state index contributed by atoms with van der Waals surface area (Å²) in [6.45, 7) is 3.16. The maximum atomic E-state index is 11.9. The third kappa shape index (κ3) is 6.74. The predicted octanol–water partition coefficient (Wildman–Crippen LogP) is 1.87. The first-order valence-corrected chi connectivity index (χ1v) is 5.68. The fourth-order valence-electron chi connectivity index (χ4n) is 0.827. The summed E-state index contributed by atoms with van der Waals surface area (Å²) in [5, 5.41) is 9.48. The molecule has 110 valence electrons. The molecule has 0 spiro atoms. The van der Waals surface area contributed by atoms with Gasteiger partial charge in [-0.05, 0) is 13.8 Å². The Hall–Kier alpha value is -1.65. The average molecular weight is 302 g/mol. The lowest BCUT2D eigenvalue weighted by Crippen LogP contribution is -2.52. The number of carbonyl (C=O) groups is 2. The molecule has 3 N–H and O–H groups in total. The molecule has 0 rings (SSSR count). The number of alkyl halides is 3. The Kier molecular flexibility index (Phi) is 6.45. The second-order valence-electron chi connectivity index (χ2n) is 3.40. The molecule has 4 amide bonds. The molecule has 0 aromatic carbocycles. The van der Waals surface area contributed by atoms with Crippen molar-refractivity contribution in [3.63, 3.8) is 0 Å². The number of ether oxygens (including phenoxy) is 1. The number of rotatable bonds is 2. The molecular formula is C8H13F3N4O3S. The maximum absolute atomic E-state index is 11.9. The Labute approximate surface area is 111 Å². The van der Waals surface area contributed by atoms with Crippen molar-refractivity contribution < 1.29 is 27.5 Å². The Morgan fingerprint density at radius 2 is 1.84 bits per heavy atom. The molecule has 0 heterocycles. The van der Waals surface area contributed by atoms with E-state index >= 15 is 0 Å². The fraction of sp³-hybridized carbons (Fsp3) is 0.625. The van der Waals surface area contributed by atoms with E-state index in [4.69, 9.17) is 5.41 Å². The van der Waals surface area contributed by atoms with Gasteiger partial charge in [-0.1, -0.05) is 0 Å². The van der Waals surface area contributed by atoms with Gasteiger partial charge in [0.25, 0.3) is 0 Å². The topological polar surface area (TPSA) is 94.5 Å². The Morgan fingerprint density at radius 3 is 2.21 bits per heavy atom. The van der Waals surface area contributed by atoms with E-state index in [0.717, 1.165) is 7.11 Å². The molecular weight excluding hydrogens is 289 g/mol. The summed E-state index contributed by atoms with van der Waals surface area (Å²) >= 11 is -0.839. The van der Waals surface area contributed by atoms with Crippen LogP contribution in [0.5, 0.6) is 0 Å². The van der Waals surface area contributed by atoms with Gasteiger partial charge >= 0.3 is 23.6 Å². The van der Waals surface area contributed by atoms with Crippen LogP contribution in [-0.4, -0.2) is 41.6 Å². The van der Waals surface area contributed by atoms with Crippen LogP contribution < -0.4 is 10.0 Å². The highest BCUT2D eigenvalue weighted by molar-refractivity contribution is 7.98. The van der Waals surface area contributed by atoms with Crippen molar-refractivity contribution in [2.45, 2.75) is 25.4 Å². The number of urea groups is 2. The van der Waals surface area contributed by atoms with E-state index in [0.29, 0.717) is 0 Å². The van der Waals surface area contributed by atoms with Crippen molar-refractivity contribution in [1.29, 1.82) is 5.41 Å². The third-order valence-corrected chi connectivity index (χ3v) is 1.98. The molecule has 0 saturated heterocycles. The van der Waals surface area contributed by atoms with Gasteiger partial charge in [0, 0.05) is 6.04 Å². The summed E-state index contributed by atoms with van der Waals surface area (Å²) in [6, 6.07) is -3.78. The van der Waals surface area contributed by atoms with Gasteiger partial charge < -0.3 is 10.1 Å². The summed E-state index contributed by atoms with van der Waals surface area (Å²) in [6.07, 6.45) is 0. The number of halogens is 3. The van der Waals surface area contributed by atoms with Gasteiger partial charge in [0.2, 0.25) is 0 Å². The minimum atomic E-state index is -4.70. The number of nitrogens with one attached hydrogen (secondary N) is 3. The van der Waals surface area contributed by atoms with E-state index in [1.54, 1.807) is 13.8 Å². The highest BCUT2D eigenvalue weighted by atomic mass is 32.2. The average Bonchev–Trinajstić information content (AvgIpc) is 2.24. The summed E-state index contributed by atoms with van der Waals surface area (Å²) in [4.78, 5) is 23.1. The molecule has 11 heteroatoms. The molecule has 0 aliphatic heterocycles. The van der Waals surface area contributed by atoms with E-state index in [1.165, 1.54) is 4.72 Å². The van der Waals surface area contributed by atoms with Gasteiger partial charge in [-0.2, -0.15) is 18.1 Å². The van der Waals surface area contributed by atoms with Gasteiger partial charge in [0.05, 0.1) is 19.1 Å². The van der Waals surface area contributed by atoms with Gasteiger partial charge in [-0.3, -0.25) is 10.1 Å². The van der Waals surface area contributed by atoms with E-state index in [2.05, 4.69) is 10.1 Å². The number of carbonyl (C=O) groups excluding carboxylic acids is 2. The van der Waals surface area contributed by atoms with Crippen LogP contribution in [0.2, 0.25) is 0 Å². The van der Waals surface area contributed by atoms with Crippen molar-refractivity contribution in [3.8, 4) is 0 Å². The predicted molar refractivity (Wildman–Crippen MR) is 62.4 cm³/mol. The second kappa shape index (κ2) is 7.07. The summed E-state index contributed by atoms with van der Waals surface area (Å²) in [7, 11) is 1.00. The lowest BCUT2D eigenvalue weighted by molar-refractivity contribution is -0.0334. The molecule has 0 saturated carbocycles. The van der Waals surface area contributed by atoms with E-state index in [1.807, 2.05) is 0 Å². The van der Waals surface area contributed by atoms with Gasteiger partial charge in [-0.25, -0.2) is 9.59 Å². The first-order valence-electron chi connectivity index (χ1n) is 4.86. The molecule has 0 aromatic heterocycles. The number of hydrogen-bond acceptors (Lipinski definition) is 5. The zero-order valence-electron chi connectivity index (χ0n) is 10.3. The zero-order chi connectivity index (χ0) is 15.2. The third-order valence-electron chi connectivity index (χ3n) is 1.47. The maximum Gasteiger partial charge on any atom is 0.461 e. The van der Waals surface area contributed by atoms with Crippen LogP contribution in [0, 0.1) is 5.41 Å². The number of imide groups is 1. The number of amidine groups is 1. The van der Waals surface area contributed by atoms with Crippen molar-refractivity contribution in [2.75, 3.05) is 7.11 Å². The molecule has 0 bridgehead atoms. The molecule has 0 unspecified atom stereocenters. The Balaban J connectivity index is 4.80. The van der Waals surface area contributed by atoms with Gasteiger partial charge in [0.1, 0.15) is 0 Å². The largest absolute Gasteiger partial charge is 0.468 e. The number of hydrogen-bond donors (Lipinski definition) is 3. The van der Waals surface area contributed by atoms with Crippen LogP contribution in [0.25, 0.3) is 0 Å². The van der Waals surface area contributed by atoms with Crippen LogP contribution in [0.4, 0.5) is 22.8 Å². The Bertz CT molecular complexity index is 362. The van der Waals surface area contributed by atoms with Crippen LogP contribution in [0.1, 0.15) is 13.8 Å². The zero-order valence-corrected chi connectivity index (χ0v) is 11.1. The summed E-state index contributed by atoms with van der Waals surface area (Å²) < 4.78 is 41.5. The monoisotopic (exact) mass is 302 g/mol. The molecule has 0 atom stereocenters. The highest BCUT2D eigenvalue weighted by Gasteiger charge is 2.34. The number of methoxy groups -OCH3 is 1. The first-order chi connectivity index (χ1) is 8.58. The highest BCUT2D eigenvalue weighted by Crippen LogP contribution is 2.27. The number of nitrogens with zero attached hydrogens (tertiary/aromatic N) is 1. The van der Waals surface area contributed by atoms with Gasteiger partial charge in [0.15, 0.2) is 0 Å². The smallest absolute Gasteiger partial charge is 0.461 e. The Morgan fingerprint density at radius 1 is 1.32 bits per heavy atom. The van der Waals surface area contributed by atoms with Crippen molar-refractivity contribution >= 4 is 30.0 Å². The van der Waals surface area contributed by atoms with E-state index < -0.39 is 35.5 Å². The molecule has 0 aliphatic rings. The van der Waals surface area contributed by atoms with Crippen LogP contribution in [0.15, 0.2) is 0 Å². The molecule has 0 radical (unpaired) electrons. The SMILES string of the molecule is COC(=N)N(C(=O)NSC(F)(F)F)C(=O)NC(C)C. The van der Waals surface area contributed by atoms with Crippen LogP contribution in [-0.2, 0) is 4.74 Å². The van der Waals surface area contributed by atoms with Crippen LogP contribution >= 0.6 is 11.9 Å². The standard InChI is InChI=1S/C8H13F3N4O3S/c1-4(2)13-6(16)15(5(12)18-3)7(17)14-19-8(9,10)11/h4,12H,1-3H3,(H,13,16)(H,14,17). The molecule has 0 aromatic rings. The fourth-order valence-corrected chi connectivity index (χ4v) is 1.12. The van der Waals surface area contributed by atoms with E-state index in [-0.39, 0.29) is 10.9 Å². The quantitative estimate of drug-likeness (QED) is 0.412. The van der Waals surface area contributed by atoms with Gasteiger partial charge in [-0.15, -0.1) is 0 Å². The van der Waals surface area contributed by atoms with Crippen LogP contribution in [0.3, 0.4) is 0 Å². The first kappa shape index (κ1) is 17.4. The minimum absolute atomic E-state index is 0.110. The number of amides is 4. The molecule has 0 aliphatic carbocycles.